The van der Waals surface area contributed by atoms with Gasteiger partial charge in [-0.2, -0.15) is 0 Å². The summed E-state index contributed by atoms with van der Waals surface area (Å²) in [5, 5.41) is 4.39. The van der Waals surface area contributed by atoms with Crippen molar-refractivity contribution in [3.8, 4) is 0 Å². The molecule has 0 bridgehead atoms. The smallest absolute Gasteiger partial charge is 0.0409 e. The molecule has 0 saturated carbocycles. The van der Waals surface area contributed by atoms with Gasteiger partial charge >= 0.3 is 0 Å². The number of nitrogens with zero attached hydrogens (tertiary/aromatic N) is 1. The number of halogens is 1. The molecule has 1 N–H and O–H groups in total. The van der Waals surface area contributed by atoms with Gasteiger partial charge in [0.2, 0.25) is 0 Å². The molecular weight excluding hydrogens is 244 g/mol. The van der Waals surface area contributed by atoms with E-state index in [9.17, 15) is 0 Å². The Labute approximate surface area is 115 Å². The van der Waals surface area contributed by atoms with E-state index in [4.69, 9.17) is 11.6 Å². The summed E-state index contributed by atoms with van der Waals surface area (Å²) in [6.45, 7) is 6.95. The molecule has 0 aliphatic carbocycles. The van der Waals surface area contributed by atoms with Crippen LogP contribution in [0.15, 0.2) is 24.3 Å². The topological polar surface area (TPSA) is 15.3 Å². The fraction of sp³-hybridized carbons (Fsp3) is 0.600. The van der Waals surface area contributed by atoms with E-state index in [1.54, 1.807) is 0 Å². The molecule has 1 aliphatic heterocycles. The summed E-state index contributed by atoms with van der Waals surface area (Å²) in [7, 11) is 0. The van der Waals surface area contributed by atoms with Crippen LogP contribution in [0.3, 0.4) is 0 Å². The fourth-order valence-corrected chi connectivity index (χ4v) is 2.71. The summed E-state index contributed by atoms with van der Waals surface area (Å²) >= 11 is 6.01. The van der Waals surface area contributed by atoms with Crippen LogP contribution in [0.4, 0.5) is 0 Å². The lowest BCUT2D eigenvalue weighted by molar-refractivity contribution is 0.227. The van der Waals surface area contributed by atoms with Crippen molar-refractivity contribution in [1.82, 2.24) is 10.2 Å². The van der Waals surface area contributed by atoms with E-state index in [1.165, 1.54) is 37.9 Å². The highest BCUT2D eigenvalue weighted by molar-refractivity contribution is 6.30. The van der Waals surface area contributed by atoms with Crippen LogP contribution in [0, 0.1) is 0 Å². The summed E-state index contributed by atoms with van der Waals surface area (Å²) in [6, 6.07) is 8.48. The number of hydrogen-bond donors (Lipinski definition) is 1. The number of rotatable bonds is 5. The number of piperidine rings is 1. The Hall–Kier alpha value is -0.570. The first-order chi connectivity index (χ1) is 8.75. The average Bonchev–Trinajstić information content (AvgIpc) is 2.40. The van der Waals surface area contributed by atoms with Crippen LogP contribution in [0.25, 0.3) is 0 Å². The van der Waals surface area contributed by atoms with E-state index in [-0.39, 0.29) is 0 Å². The van der Waals surface area contributed by atoms with Crippen LogP contribution in [0.5, 0.6) is 0 Å². The van der Waals surface area contributed by atoms with E-state index in [1.807, 2.05) is 18.2 Å². The minimum absolute atomic E-state index is 0.369. The third kappa shape index (κ3) is 4.27. The summed E-state index contributed by atoms with van der Waals surface area (Å²) in [6.07, 6.45) is 4.14. The first-order valence-corrected chi connectivity index (χ1v) is 7.35. The molecule has 1 aromatic rings. The Morgan fingerprint density at radius 1 is 1.28 bits per heavy atom. The molecule has 0 spiro atoms. The quantitative estimate of drug-likeness (QED) is 0.878. The Morgan fingerprint density at radius 3 is 2.78 bits per heavy atom. The van der Waals surface area contributed by atoms with Crippen molar-refractivity contribution < 1.29 is 0 Å². The van der Waals surface area contributed by atoms with Crippen LogP contribution in [-0.4, -0.2) is 31.1 Å². The lowest BCUT2D eigenvalue weighted by atomic mass is 10.1. The Morgan fingerprint density at radius 2 is 2.06 bits per heavy atom. The van der Waals surface area contributed by atoms with Crippen LogP contribution in [0.1, 0.15) is 37.8 Å². The summed E-state index contributed by atoms with van der Waals surface area (Å²) in [5.41, 5.74) is 1.26. The minimum Gasteiger partial charge on any atom is -0.309 e. The third-order valence-electron chi connectivity index (χ3n) is 3.68. The van der Waals surface area contributed by atoms with Gasteiger partial charge in [-0.05, 0) is 50.6 Å². The van der Waals surface area contributed by atoms with Crippen molar-refractivity contribution in [2.75, 3.05) is 26.2 Å². The van der Waals surface area contributed by atoms with Gasteiger partial charge in [0, 0.05) is 24.2 Å². The second kappa shape index (κ2) is 7.13. The molecule has 2 nitrogen and oxygen atoms in total. The van der Waals surface area contributed by atoms with Gasteiger partial charge in [-0.1, -0.05) is 30.2 Å². The van der Waals surface area contributed by atoms with E-state index in [2.05, 4.69) is 23.2 Å². The first-order valence-electron chi connectivity index (χ1n) is 6.97. The standard InChI is InChI=1S/C15H23ClN2/c1-13(14-6-5-7-15(16)12-14)17-8-11-18-9-3-2-4-10-18/h5-7,12-13,17H,2-4,8-11H2,1H3. The van der Waals surface area contributed by atoms with Gasteiger partial charge in [0.25, 0.3) is 0 Å². The van der Waals surface area contributed by atoms with Crippen molar-refractivity contribution in [2.24, 2.45) is 0 Å². The second-order valence-electron chi connectivity index (χ2n) is 5.13. The zero-order valence-electron chi connectivity index (χ0n) is 11.2. The average molecular weight is 267 g/mol. The molecule has 2 rings (SSSR count). The largest absolute Gasteiger partial charge is 0.309 e. The molecule has 0 radical (unpaired) electrons. The fourth-order valence-electron chi connectivity index (χ4n) is 2.52. The van der Waals surface area contributed by atoms with Crippen LogP contribution < -0.4 is 5.32 Å². The van der Waals surface area contributed by atoms with Crippen LogP contribution in [-0.2, 0) is 0 Å². The van der Waals surface area contributed by atoms with E-state index in [0.717, 1.165) is 18.1 Å². The SMILES string of the molecule is CC(NCCN1CCCCC1)c1cccc(Cl)c1. The second-order valence-corrected chi connectivity index (χ2v) is 5.57. The van der Waals surface area contributed by atoms with E-state index < -0.39 is 0 Å². The molecule has 1 unspecified atom stereocenters. The van der Waals surface area contributed by atoms with Crippen molar-refractivity contribution in [1.29, 1.82) is 0 Å². The van der Waals surface area contributed by atoms with Crippen molar-refractivity contribution in [2.45, 2.75) is 32.2 Å². The predicted molar refractivity (Wildman–Crippen MR) is 78.2 cm³/mol. The first kappa shape index (κ1) is 13.9. The van der Waals surface area contributed by atoms with Gasteiger partial charge in [0.15, 0.2) is 0 Å². The zero-order valence-corrected chi connectivity index (χ0v) is 11.9. The third-order valence-corrected chi connectivity index (χ3v) is 3.91. The molecule has 3 heteroatoms. The maximum Gasteiger partial charge on any atom is 0.0409 e. The van der Waals surface area contributed by atoms with Crippen LogP contribution in [0.2, 0.25) is 5.02 Å². The lowest BCUT2D eigenvalue weighted by Gasteiger charge is -2.27. The molecule has 1 saturated heterocycles. The minimum atomic E-state index is 0.369. The van der Waals surface area contributed by atoms with Gasteiger partial charge in [0.05, 0.1) is 0 Å². The molecule has 100 valence electrons. The Balaban J connectivity index is 1.72. The molecule has 1 aromatic carbocycles. The number of likely N-dealkylation sites (tertiary alicyclic amines) is 1. The molecule has 18 heavy (non-hydrogen) atoms. The van der Waals surface area contributed by atoms with E-state index in [0.29, 0.717) is 6.04 Å². The molecular formula is C15H23ClN2. The summed E-state index contributed by atoms with van der Waals surface area (Å²) in [4.78, 5) is 2.56. The van der Waals surface area contributed by atoms with E-state index >= 15 is 0 Å². The molecule has 1 fully saturated rings. The molecule has 1 heterocycles. The molecule has 1 aliphatic rings. The number of nitrogens with one attached hydrogen (secondary N) is 1. The molecule has 0 amide bonds. The zero-order chi connectivity index (χ0) is 12.8. The predicted octanol–water partition coefficient (Wildman–Crippen LogP) is 3.48. The maximum absolute atomic E-state index is 6.01. The van der Waals surface area contributed by atoms with Gasteiger partial charge in [-0.15, -0.1) is 0 Å². The van der Waals surface area contributed by atoms with Crippen LogP contribution >= 0.6 is 11.6 Å². The number of hydrogen-bond acceptors (Lipinski definition) is 2. The highest BCUT2D eigenvalue weighted by Gasteiger charge is 2.10. The highest BCUT2D eigenvalue weighted by Crippen LogP contribution is 2.17. The monoisotopic (exact) mass is 266 g/mol. The molecule has 1 atom stereocenters. The van der Waals surface area contributed by atoms with Crippen molar-refractivity contribution in [3.05, 3.63) is 34.9 Å². The number of benzene rings is 1. The Bertz CT molecular complexity index is 361. The lowest BCUT2D eigenvalue weighted by Crippen LogP contribution is -2.36. The Kier molecular flexibility index (Phi) is 5.48. The maximum atomic E-state index is 6.01. The summed E-state index contributed by atoms with van der Waals surface area (Å²) < 4.78 is 0. The van der Waals surface area contributed by atoms with Crippen molar-refractivity contribution in [3.63, 3.8) is 0 Å². The highest BCUT2D eigenvalue weighted by atomic mass is 35.5. The van der Waals surface area contributed by atoms with Crippen molar-refractivity contribution >= 4 is 11.6 Å². The van der Waals surface area contributed by atoms with Gasteiger partial charge < -0.3 is 10.2 Å². The molecule has 0 aromatic heterocycles. The summed E-state index contributed by atoms with van der Waals surface area (Å²) in [5.74, 6) is 0. The van der Waals surface area contributed by atoms with Gasteiger partial charge in [-0.25, -0.2) is 0 Å². The van der Waals surface area contributed by atoms with Gasteiger partial charge in [-0.3, -0.25) is 0 Å². The van der Waals surface area contributed by atoms with Gasteiger partial charge in [0.1, 0.15) is 0 Å². The normalized spacial score (nSPS) is 18.8.